The molecule has 12 heavy (non-hydrogen) atoms. The molecule has 0 heterocycles. The van der Waals surface area contributed by atoms with Gasteiger partial charge in [0.25, 0.3) is 0 Å². The SMILES string of the molecule is [CH2]C(=O)OC(=O)CC1CCCC1. The van der Waals surface area contributed by atoms with Crippen molar-refractivity contribution in [3.05, 3.63) is 6.92 Å². The van der Waals surface area contributed by atoms with E-state index in [4.69, 9.17) is 0 Å². The first-order chi connectivity index (χ1) is 5.68. The molecule has 1 fully saturated rings. The van der Waals surface area contributed by atoms with Gasteiger partial charge in [-0.15, -0.1) is 0 Å². The molecule has 0 saturated heterocycles. The first-order valence-electron chi connectivity index (χ1n) is 4.25. The minimum atomic E-state index is -0.752. The van der Waals surface area contributed by atoms with Crippen LogP contribution in [0.5, 0.6) is 0 Å². The summed E-state index contributed by atoms with van der Waals surface area (Å²) in [5.74, 6) is -0.753. The second-order valence-corrected chi connectivity index (χ2v) is 3.20. The molecule has 67 valence electrons. The van der Waals surface area contributed by atoms with Crippen molar-refractivity contribution in [3.8, 4) is 0 Å². The van der Waals surface area contributed by atoms with Crippen LogP contribution in [-0.4, -0.2) is 11.9 Å². The summed E-state index contributed by atoms with van der Waals surface area (Å²) < 4.78 is 4.32. The zero-order valence-electron chi connectivity index (χ0n) is 7.04. The molecule has 1 rings (SSSR count). The minimum Gasteiger partial charge on any atom is -0.393 e. The smallest absolute Gasteiger partial charge is 0.314 e. The van der Waals surface area contributed by atoms with Crippen LogP contribution in [-0.2, 0) is 14.3 Å². The second kappa shape index (κ2) is 4.24. The van der Waals surface area contributed by atoms with E-state index in [1.165, 1.54) is 12.8 Å². The monoisotopic (exact) mass is 169 g/mol. The Labute approximate surface area is 72.1 Å². The molecule has 1 radical (unpaired) electrons. The van der Waals surface area contributed by atoms with Gasteiger partial charge in [0, 0.05) is 6.42 Å². The molecule has 1 aliphatic carbocycles. The van der Waals surface area contributed by atoms with Gasteiger partial charge in [-0.05, 0) is 18.8 Å². The topological polar surface area (TPSA) is 43.4 Å². The normalized spacial score (nSPS) is 17.8. The van der Waals surface area contributed by atoms with E-state index in [0.29, 0.717) is 12.3 Å². The Morgan fingerprint density at radius 3 is 2.42 bits per heavy atom. The molecule has 0 aromatic rings. The maximum Gasteiger partial charge on any atom is 0.314 e. The summed E-state index contributed by atoms with van der Waals surface area (Å²) in [6.45, 7) is 2.97. The highest BCUT2D eigenvalue weighted by Crippen LogP contribution is 2.27. The van der Waals surface area contributed by atoms with Crippen molar-refractivity contribution in [3.63, 3.8) is 0 Å². The third kappa shape index (κ3) is 3.03. The first kappa shape index (κ1) is 9.23. The van der Waals surface area contributed by atoms with Gasteiger partial charge in [0.2, 0.25) is 0 Å². The van der Waals surface area contributed by atoms with Crippen molar-refractivity contribution in [1.29, 1.82) is 0 Å². The molecule has 0 aromatic heterocycles. The first-order valence-corrected chi connectivity index (χ1v) is 4.25. The highest BCUT2D eigenvalue weighted by Gasteiger charge is 2.19. The number of hydrogen-bond acceptors (Lipinski definition) is 3. The maximum atomic E-state index is 10.9. The van der Waals surface area contributed by atoms with Gasteiger partial charge in [-0.1, -0.05) is 12.8 Å². The van der Waals surface area contributed by atoms with E-state index in [1.807, 2.05) is 0 Å². The maximum absolute atomic E-state index is 10.9. The van der Waals surface area contributed by atoms with E-state index in [1.54, 1.807) is 0 Å². The fourth-order valence-electron chi connectivity index (χ4n) is 1.62. The number of rotatable bonds is 2. The zero-order chi connectivity index (χ0) is 8.97. The Bertz CT molecular complexity index is 180. The van der Waals surface area contributed by atoms with Crippen LogP contribution in [0.15, 0.2) is 0 Å². The van der Waals surface area contributed by atoms with Gasteiger partial charge in [-0.2, -0.15) is 0 Å². The lowest BCUT2D eigenvalue weighted by Crippen LogP contribution is -2.12. The number of ether oxygens (including phenoxy) is 1. The molecule has 0 spiro atoms. The highest BCUT2D eigenvalue weighted by atomic mass is 16.6. The molecule has 0 atom stereocenters. The van der Waals surface area contributed by atoms with E-state index in [2.05, 4.69) is 11.7 Å². The Hall–Kier alpha value is -0.860. The average Bonchev–Trinajstić information content (AvgIpc) is 2.37. The van der Waals surface area contributed by atoms with E-state index >= 15 is 0 Å². The molecule has 1 aliphatic rings. The van der Waals surface area contributed by atoms with Crippen LogP contribution in [0.4, 0.5) is 0 Å². The number of carbonyl (C=O) groups is 2. The molecule has 0 unspecified atom stereocenters. The standard InChI is InChI=1S/C9H13O3/c1-7(10)12-9(11)6-8-4-2-3-5-8/h8H,1-6H2. The van der Waals surface area contributed by atoms with Crippen LogP contribution in [0.25, 0.3) is 0 Å². The minimum absolute atomic E-state index is 0.376. The van der Waals surface area contributed by atoms with E-state index in [-0.39, 0.29) is 0 Å². The van der Waals surface area contributed by atoms with Crippen molar-refractivity contribution in [1.82, 2.24) is 0 Å². The zero-order valence-corrected chi connectivity index (χ0v) is 7.04. The van der Waals surface area contributed by atoms with Gasteiger partial charge < -0.3 is 4.74 Å². The highest BCUT2D eigenvalue weighted by molar-refractivity contribution is 5.87. The summed E-state index contributed by atoms with van der Waals surface area (Å²) in [5.41, 5.74) is 0. The van der Waals surface area contributed by atoms with Gasteiger partial charge in [-0.3, -0.25) is 9.59 Å². The van der Waals surface area contributed by atoms with E-state index in [0.717, 1.165) is 12.8 Å². The molecule has 0 aliphatic heterocycles. The van der Waals surface area contributed by atoms with Crippen molar-refractivity contribution >= 4 is 11.9 Å². The summed E-state index contributed by atoms with van der Waals surface area (Å²) in [4.78, 5) is 21.2. The lowest BCUT2D eigenvalue weighted by Gasteiger charge is -2.05. The van der Waals surface area contributed by atoms with E-state index in [9.17, 15) is 9.59 Å². The van der Waals surface area contributed by atoms with Gasteiger partial charge in [-0.25, -0.2) is 0 Å². The Morgan fingerprint density at radius 1 is 1.33 bits per heavy atom. The molecular weight excluding hydrogens is 156 g/mol. The second-order valence-electron chi connectivity index (χ2n) is 3.20. The molecule has 3 nitrogen and oxygen atoms in total. The number of carbonyl (C=O) groups excluding carboxylic acids is 2. The van der Waals surface area contributed by atoms with Gasteiger partial charge in [0.15, 0.2) is 0 Å². The summed E-state index contributed by atoms with van der Waals surface area (Å²) in [6, 6.07) is 0. The fraction of sp³-hybridized carbons (Fsp3) is 0.667. The van der Waals surface area contributed by atoms with E-state index < -0.39 is 11.9 Å². The fourth-order valence-corrected chi connectivity index (χ4v) is 1.62. The predicted molar refractivity (Wildman–Crippen MR) is 43.0 cm³/mol. The van der Waals surface area contributed by atoms with Crippen LogP contribution < -0.4 is 0 Å². The average molecular weight is 169 g/mol. The van der Waals surface area contributed by atoms with Crippen LogP contribution in [0.3, 0.4) is 0 Å². The summed E-state index contributed by atoms with van der Waals surface area (Å²) >= 11 is 0. The lowest BCUT2D eigenvalue weighted by molar-refractivity contribution is -0.157. The molecule has 3 heteroatoms. The molecule has 0 aromatic carbocycles. The Morgan fingerprint density at radius 2 is 1.92 bits per heavy atom. The molecule has 0 bridgehead atoms. The lowest BCUT2D eigenvalue weighted by atomic mass is 10.1. The van der Waals surface area contributed by atoms with Crippen LogP contribution in [0, 0.1) is 12.8 Å². The number of esters is 2. The molecule has 0 amide bonds. The Kier molecular flexibility index (Phi) is 3.26. The third-order valence-electron chi connectivity index (χ3n) is 2.16. The molecule has 0 N–H and O–H groups in total. The van der Waals surface area contributed by atoms with Crippen molar-refractivity contribution in [2.45, 2.75) is 32.1 Å². The van der Waals surface area contributed by atoms with Crippen molar-refractivity contribution < 1.29 is 14.3 Å². The van der Waals surface area contributed by atoms with Gasteiger partial charge >= 0.3 is 11.9 Å². The molecule has 1 saturated carbocycles. The van der Waals surface area contributed by atoms with Gasteiger partial charge in [0.1, 0.15) is 0 Å². The summed E-state index contributed by atoms with van der Waals surface area (Å²) in [6.07, 6.45) is 4.93. The van der Waals surface area contributed by atoms with Crippen LogP contribution in [0.1, 0.15) is 32.1 Å². The van der Waals surface area contributed by atoms with Crippen LogP contribution in [0.2, 0.25) is 0 Å². The Balaban J connectivity index is 2.20. The van der Waals surface area contributed by atoms with Crippen LogP contribution >= 0.6 is 0 Å². The van der Waals surface area contributed by atoms with Crippen molar-refractivity contribution in [2.75, 3.05) is 0 Å². The number of hydrogen-bond donors (Lipinski definition) is 0. The molecular formula is C9H13O3. The van der Waals surface area contributed by atoms with Gasteiger partial charge in [0.05, 0.1) is 6.92 Å². The van der Waals surface area contributed by atoms with Crippen molar-refractivity contribution in [2.24, 2.45) is 5.92 Å². The summed E-state index contributed by atoms with van der Waals surface area (Å²) in [7, 11) is 0. The quantitative estimate of drug-likeness (QED) is 0.464. The largest absolute Gasteiger partial charge is 0.393 e. The predicted octanol–water partition coefficient (Wildman–Crippen LogP) is 1.47. The summed E-state index contributed by atoms with van der Waals surface area (Å²) in [5, 5.41) is 0. The third-order valence-corrected chi connectivity index (χ3v) is 2.16.